The number of pyridine rings is 1. The van der Waals surface area contributed by atoms with E-state index in [0.29, 0.717) is 45.6 Å². The fraction of sp³-hybridized carbons (Fsp3) is 0.217. The van der Waals surface area contributed by atoms with E-state index in [1.54, 1.807) is 51.7 Å². The summed E-state index contributed by atoms with van der Waals surface area (Å²) in [5.41, 5.74) is 8.77. The minimum atomic E-state index is 0.0877. The van der Waals surface area contributed by atoms with Gasteiger partial charge in [-0.05, 0) is 24.3 Å². The molecular weight excluding hydrogens is 398 g/mol. The molecule has 0 bridgehead atoms. The number of ether oxygens (including phenoxy) is 5. The van der Waals surface area contributed by atoms with Gasteiger partial charge in [0.05, 0.1) is 46.8 Å². The van der Waals surface area contributed by atoms with Gasteiger partial charge in [-0.2, -0.15) is 5.26 Å². The van der Waals surface area contributed by atoms with Gasteiger partial charge in [0.2, 0.25) is 0 Å². The number of methoxy groups -OCH3 is 5. The van der Waals surface area contributed by atoms with Crippen LogP contribution in [0.4, 0.5) is 5.82 Å². The topological polar surface area (TPSA) is 109 Å². The number of hydrogen-bond acceptors (Lipinski definition) is 8. The van der Waals surface area contributed by atoms with Gasteiger partial charge >= 0.3 is 0 Å². The Morgan fingerprint density at radius 1 is 0.774 bits per heavy atom. The maximum absolute atomic E-state index is 9.79. The smallest absolute Gasteiger partial charge is 0.161 e. The Labute approximate surface area is 180 Å². The minimum Gasteiger partial charge on any atom is -0.496 e. The number of anilines is 1. The van der Waals surface area contributed by atoms with Crippen molar-refractivity contribution in [2.75, 3.05) is 41.3 Å². The van der Waals surface area contributed by atoms with E-state index in [1.165, 1.54) is 14.2 Å². The molecule has 0 saturated carbocycles. The zero-order chi connectivity index (χ0) is 22.5. The van der Waals surface area contributed by atoms with E-state index in [0.717, 1.165) is 5.56 Å². The van der Waals surface area contributed by atoms with Crippen LogP contribution in [0, 0.1) is 11.3 Å². The van der Waals surface area contributed by atoms with Crippen LogP contribution in [0.5, 0.6) is 28.7 Å². The van der Waals surface area contributed by atoms with E-state index in [-0.39, 0.29) is 11.4 Å². The summed E-state index contributed by atoms with van der Waals surface area (Å²) in [6.45, 7) is 0. The van der Waals surface area contributed by atoms with E-state index in [4.69, 9.17) is 29.4 Å². The molecule has 0 aliphatic heterocycles. The molecule has 0 aliphatic carbocycles. The number of nitrogen functional groups attached to an aromatic ring is 1. The maximum Gasteiger partial charge on any atom is 0.161 e. The lowest BCUT2D eigenvalue weighted by Gasteiger charge is -2.18. The normalized spacial score (nSPS) is 10.2. The van der Waals surface area contributed by atoms with Gasteiger partial charge in [0, 0.05) is 23.3 Å². The summed E-state index contributed by atoms with van der Waals surface area (Å²) in [5.74, 6) is 2.72. The van der Waals surface area contributed by atoms with Crippen LogP contribution in [0.25, 0.3) is 22.4 Å². The van der Waals surface area contributed by atoms with Crippen molar-refractivity contribution in [1.29, 1.82) is 5.26 Å². The summed E-state index contributed by atoms with van der Waals surface area (Å²) in [5, 5.41) is 9.79. The number of rotatable bonds is 7. The summed E-state index contributed by atoms with van der Waals surface area (Å²) < 4.78 is 27.2. The van der Waals surface area contributed by atoms with E-state index in [9.17, 15) is 5.26 Å². The van der Waals surface area contributed by atoms with Crippen LogP contribution < -0.4 is 29.4 Å². The number of nitrogens with zero attached hydrogens (tertiary/aromatic N) is 2. The standard InChI is InChI=1S/C23H23N3O5/c1-27-14-9-20(30-4)22(21(10-14)31-5)15-11-17(26-23(25)16(15)12-24)13-6-7-18(28-2)19(8-13)29-3/h6-11H,1-5H3,(H2,25,26). The van der Waals surface area contributed by atoms with E-state index in [2.05, 4.69) is 11.1 Å². The van der Waals surface area contributed by atoms with Crippen molar-refractivity contribution >= 4 is 5.82 Å². The van der Waals surface area contributed by atoms with Gasteiger partial charge in [-0.1, -0.05) is 0 Å². The van der Waals surface area contributed by atoms with Gasteiger partial charge in [-0.25, -0.2) is 4.98 Å². The Morgan fingerprint density at radius 3 is 1.90 bits per heavy atom. The second-order valence-corrected chi connectivity index (χ2v) is 6.40. The minimum absolute atomic E-state index is 0.0877. The number of benzene rings is 2. The molecule has 0 aliphatic rings. The zero-order valence-corrected chi connectivity index (χ0v) is 18.0. The van der Waals surface area contributed by atoms with Crippen molar-refractivity contribution in [3.8, 4) is 57.2 Å². The molecule has 31 heavy (non-hydrogen) atoms. The van der Waals surface area contributed by atoms with Crippen LogP contribution in [-0.2, 0) is 0 Å². The highest BCUT2D eigenvalue weighted by molar-refractivity contribution is 5.87. The predicted octanol–water partition coefficient (Wildman–Crippen LogP) is 3.91. The zero-order valence-electron chi connectivity index (χ0n) is 18.0. The third-order valence-electron chi connectivity index (χ3n) is 4.82. The van der Waals surface area contributed by atoms with Crippen molar-refractivity contribution in [1.82, 2.24) is 4.98 Å². The molecule has 0 amide bonds. The third kappa shape index (κ3) is 3.98. The molecule has 1 aromatic heterocycles. The highest BCUT2D eigenvalue weighted by Gasteiger charge is 2.22. The van der Waals surface area contributed by atoms with Crippen molar-refractivity contribution in [2.24, 2.45) is 0 Å². The van der Waals surface area contributed by atoms with Crippen molar-refractivity contribution in [3.63, 3.8) is 0 Å². The van der Waals surface area contributed by atoms with Crippen LogP contribution in [0.1, 0.15) is 5.56 Å². The molecule has 0 spiro atoms. The molecule has 3 rings (SSSR count). The molecule has 0 radical (unpaired) electrons. The number of aromatic nitrogens is 1. The second-order valence-electron chi connectivity index (χ2n) is 6.40. The first kappa shape index (κ1) is 21.6. The predicted molar refractivity (Wildman–Crippen MR) is 117 cm³/mol. The fourth-order valence-electron chi connectivity index (χ4n) is 3.29. The lowest BCUT2D eigenvalue weighted by Crippen LogP contribution is -2.02. The Hall–Kier alpha value is -4.12. The average Bonchev–Trinajstić information content (AvgIpc) is 2.81. The van der Waals surface area contributed by atoms with Crippen molar-refractivity contribution in [3.05, 3.63) is 42.0 Å². The third-order valence-corrected chi connectivity index (χ3v) is 4.82. The van der Waals surface area contributed by atoms with Gasteiger partial charge in [0.15, 0.2) is 11.5 Å². The number of nitrogens with two attached hydrogens (primary N) is 1. The van der Waals surface area contributed by atoms with E-state index < -0.39 is 0 Å². The van der Waals surface area contributed by atoms with Gasteiger partial charge in [-0.3, -0.25) is 0 Å². The number of nitriles is 1. The lowest BCUT2D eigenvalue weighted by atomic mass is 9.96. The fourth-order valence-corrected chi connectivity index (χ4v) is 3.29. The molecule has 8 heteroatoms. The SMILES string of the molecule is COc1cc(OC)c(-c2cc(-c3ccc(OC)c(OC)c3)nc(N)c2C#N)c(OC)c1. The second kappa shape index (κ2) is 9.13. The summed E-state index contributed by atoms with van der Waals surface area (Å²) >= 11 is 0. The lowest BCUT2D eigenvalue weighted by molar-refractivity contribution is 0.355. The highest BCUT2D eigenvalue weighted by atomic mass is 16.5. The molecule has 8 nitrogen and oxygen atoms in total. The summed E-state index contributed by atoms with van der Waals surface area (Å²) in [6, 6.07) is 12.7. The largest absolute Gasteiger partial charge is 0.496 e. The van der Waals surface area contributed by atoms with Gasteiger partial charge in [0.1, 0.15) is 34.7 Å². The van der Waals surface area contributed by atoms with Gasteiger partial charge < -0.3 is 29.4 Å². The maximum atomic E-state index is 9.79. The molecule has 1 heterocycles. The van der Waals surface area contributed by atoms with Crippen molar-refractivity contribution < 1.29 is 23.7 Å². The monoisotopic (exact) mass is 421 g/mol. The summed E-state index contributed by atoms with van der Waals surface area (Å²) in [4.78, 5) is 4.43. The van der Waals surface area contributed by atoms with Crippen LogP contribution in [-0.4, -0.2) is 40.5 Å². The molecular formula is C23H23N3O5. The molecule has 2 N–H and O–H groups in total. The van der Waals surface area contributed by atoms with E-state index in [1.807, 2.05) is 6.07 Å². The molecule has 160 valence electrons. The molecule has 0 atom stereocenters. The summed E-state index contributed by atoms with van der Waals surface area (Å²) in [7, 11) is 7.73. The van der Waals surface area contributed by atoms with Crippen LogP contribution in [0.2, 0.25) is 0 Å². The number of hydrogen-bond donors (Lipinski definition) is 1. The van der Waals surface area contributed by atoms with Gasteiger partial charge in [0.25, 0.3) is 0 Å². The van der Waals surface area contributed by atoms with Crippen LogP contribution in [0.15, 0.2) is 36.4 Å². The Balaban J connectivity index is 2.31. The Bertz CT molecular complexity index is 1130. The molecule has 3 aromatic rings. The van der Waals surface area contributed by atoms with Gasteiger partial charge in [-0.15, -0.1) is 0 Å². The quantitative estimate of drug-likeness (QED) is 0.612. The first-order chi connectivity index (χ1) is 15.0. The average molecular weight is 421 g/mol. The molecule has 0 unspecified atom stereocenters. The Morgan fingerprint density at radius 2 is 1.39 bits per heavy atom. The first-order valence-corrected chi connectivity index (χ1v) is 9.24. The Kier molecular flexibility index (Phi) is 6.36. The molecule has 0 fully saturated rings. The molecule has 2 aromatic carbocycles. The first-order valence-electron chi connectivity index (χ1n) is 9.24. The highest BCUT2D eigenvalue weighted by Crippen LogP contribution is 2.45. The van der Waals surface area contributed by atoms with Crippen molar-refractivity contribution in [2.45, 2.75) is 0 Å². The molecule has 0 saturated heterocycles. The van der Waals surface area contributed by atoms with Crippen LogP contribution >= 0.6 is 0 Å². The summed E-state index contributed by atoms with van der Waals surface area (Å²) in [6.07, 6.45) is 0. The van der Waals surface area contributed by atoms with Crippen LogP contribution in [0.3, 0.4) is 0 Å². The van der Waals surface area contributed by atoms with E-state index >= 15 is 0 Å².